The highest BCUT2D eigenvalue weighted by molar-refractivity contribution is 6.30. The maximum atomic E-state index is 12.1. The summed E-state index contributed by atoms with van der Waals surface area (Å²) in [7, 11) is 1.80. The van der Waals surface area contributed by atoms with Crippen LogP contribution in [0.3, 0.4) is 0 Å². The van der Waals surface area contributed by atoms with Gasteiger partial charge in [-0.15, -0.1) is 0 Å². The van der Waals surface area contributed by atoms with E-state index >= 15 is 0 Å². The zero-order valence-corrected chi connectivity index (χ0v) is 22.8. The van der Waals surface area contributed by atoms with Gasteiger partial charge in [-0.3, -0.25) is 9.59 Å². The van der Waals surface area contributed by atoms with Crippen molar-refractivity contribution in [1.29, 1.82) is 0 Å². The summed E-state index contributed by atoms with van der Waals surface area (Å²) in [6.45, 7) is 2.06. The molecule has 0 aliphatic carbocycles. The van der Waals surface area contributed by atoms with Crippen LogP contribution in [0, 0.1) is 0 Å². The third-order valence-electron chi connectivity index (χ3n) is 6.47. The van der Waals surface area contributed by atoms with Gasteiger partial charge in [0.25, 0.3) is 11.8 Å². The van der Waals surface area contributed by atoms with Crippen LogP contribution in [0.1, 0.15) is 43.0 Å². The van der Waals surface area contributed by atoms with Crippen molar-refractivity contribution in [3.05, 3.63) is 128 Å². The van der Waals surface area contributed by atoms with Crippen LogP contribution in [-0.2, 0) is 26.3 Å². The number of nitrogens with zero attached hydrogens (tertiary/aromatic N) is 1. The van der Waals surface area contributed by atoms with Gasteiger partial charge in [0.2, 0.25) is 0 Å². The van der Waals surface area contributed by atoms with Crippen LogP contribution in [-0.4, -0.2) is 23.8 Å². The summed E-state index contributed by atoms with van der Waals surface area (Å²) in [5, 5.41) is 4.19. The molecule has 0 spiro atoms. The number of fused-ring (bicyclic) bond motifs is 2. The average molecular weight is 561 g/mol. The predicted octanol–water partition coefficient (Wildman–Crippen LogP) is 6.67. The molecule has 8 heteroatoms. The normalized spacial score (nSPS) is 13.3. The van der Waals surface area contributed by atoms with E-state index in [2.05, 4.69) is 5.32 Å². The lowest BCUT2D eigenvalue weighted by Gasteiger charge is -2.10. The highest BCUT2D eigenvalue weighted by atomic mass is 35.5. The Labute approximate surface area is 237 Å². The standard InChI is InChI=1S/C16H14ClNO2.C15H12ClNO2/c1-18-9-12-3-2-4-14(15(12)16(18)19)20-10-11-5-7-13(17)8-6-11;16-12-6-4-10(5-7-12)9-19-13-3-1-2-11-8-17-15(18)14(11)13/h2-8H,9-10H2,1H3;1-7H,8-9H2,(H,17,18). The highest BCUT2D eigenvalue weighted by Gasteiger charge is 2.28. The number of carbonyl (C=O) groups excluding carboxylic acids is 2. The molecular weight excluding hydrogens is 535 g/mol. The fourth-order valence-corrected chi connectivity index (χ4v) is 4.69. The zero-order valence-electron chi connectivity index (χ0n) is 21.2. The second-order valence-corrected chi connectivity index (χ2v) is 10.1. The van der Waals surface area contributed by atoms with Crippen LogP contribution in [0.25, 0.3) is 0 Å². The number of hydrogen-bond acceptors (Lipinski definition) is 4. The molecule has 4 aromatic carbocycles. The van der Waals surface area contributed by atoms with Gasteiger partial charge in [-0.25, -0.2) is 0 Å². The molecule has 0 fully saturated rings. The van der Waals surface area contributed by atoms with E-state index in [1.54, 1.807) is 11.9 Å². The average Bonchev–Trinajstić information content (AvgIpc) is 3.47. The molecule has 2 aliphatic rings. The van der Waals surface area contributed by atoms with Crippen LogP contribution in [0.4, 0.5) is 0 Å². The minimum Gasteiger partial charge on any atom is -0.488 e. The van der Waals surface area contributed by atoms with Crippen molar-refractivity contribution >= 4 is 35.0 Å². The van der Waals surface area contributed by atoms with Gasteiger partial charge >= 0.3 is 0 Å². The molecule has 0 unspecified atom stereocenters. The molecule has 0 bridgehead atoms. The van der Waals surface area contributed by atoms with Crippen molar-refractivity contribution in [3.63, 3.8) is 0 Å². The van der Waals surface area contributed by atoms with E-state index in [-0.39, 0.29) is 11.8 Å². The first kappa shape index (κ1) is 26.6. The van der Waals surface area contributed by atoms with Crippen LogP contribution in [0.2, 0.25) is 10.0 Å². The first-order valence-electron chi connectivity index (χ1n) is 12.4. The van der Waals surface area contributed by atoms with Gasteiger partial charge < -0.3 is 19.7 Å². The van der Waals surface area contributed by atoms with E-state index in [9.17, 15) is 9.59 Å². The number of amides is 2. The van der Waals surface area contributed by atoms with Crippen molar-refractivity contribution in [2.24, 2.45) is 0 Å². The second-order valence-electron chi connectivity index (χ2n) is 9.25. The third kappa shape index (κ3) is 6.19. The number of benzene rings is 4. The molecule has 6 rings (SSSR count). The number of nitrogens with one attached hydrogen (secondary N) is 1. The third-order valence-corrected chi connectivity index (χ3v) is 6.98. The Morgan fingerprint density at radius 1 is 0.718 bits per heavy atom. The Balaban J connectivity index is 0.000000158. The maximum Gasteiger partial charge on any atom is 0.258 e. The first-order chi connectivity index (χ1) is 18.9. The molecule has 0 radical (unpaired) electrons. The number of rotatable bonds is 6. The smallest absolute Gasteiger partial charge is 0.258 e. The van der Waals surface area contributed by atoms with E-state index < -0.39 is 0 Å². The summed E-state index contributed by atoms with van der Waals surface area (Å²) in [5.41, 5.74) is 5.37. The van der Waals surface area contributed by atoms with E-state index in [1.807, 2.05) is 84.9 Å². The lowest BCUT2D eigenvalue weighted by molar-refractivity contribution is 0.0812. The van der Waals surface area contributed by atoms with Crippen LogP contribution in [0.15, 0.2) is 84.9 Å². The summed E-state index contributed by atoms with van der Waals surface area (Å²) < 4.78 is 11.5. The number of carbonyl (C=O) groups is 2. The molecule has 1 N–H and O–H groups in total. The minimum absolute atomic E-state index is 0.0201. The minimum atomic E-state index is -0.0679. The van der Waals surface area contributed by atoms with E-state index in [0.29, 0.717) is 59.0 Å². The molecule has 0 aromatic heterocycles. The molecule has 6 nitrogen and oxygen atoms in total. The predicted molar refractivity (Wildman–Crippen MR) is 151 cm³/mol. The SMILES string of the molecule is CN1Cc2cccc(OCc3ccc(Cl)cc3)c2C1=O.O=C1NCc2cccc(OCc3ccc(Cl)cc3)c21. The number of hydrogen-bond donors (Lipinski definition) is 1. The maximum absolute atomic E-state index is 12.1. The Morgan fingerprint density at radius 3 is 1.79 bits per heavy atom. The second kappa shape index (κ2) is 11.8. The Bertz CT molecular complexity index is 1500. The number of ether oxygens (including phenoxy) is 2. The molecule has 2 amide bonds. The first-order valence-corrected chi connectivity index (χ1v) is 13.2. The molecule has 39 heavy (non-hydrogen) atoms. The summed E-state index contributed by atoms with van der Waals surface area (Å²) in [4.78, 5) is 25.5. The Morgan fingerprint density at radius 2 is 1.23 bits per heavy atom. The molecule has 4 aromatic rings. The topological polar surface area (TPSA) is 67.9 Å². The van der Waals surface area contributed by atoms with Gasteiger partial charge in [0.05, 0.1) is 11.1 Å². The summed E-state index contributed by atoms with van der Waals surface area (Å²) in [5.74, 6) is 1.22. The van der Waals surface area contributed by atoms with Crippen molar-refractivity contribution < 1.29 is 19.1 Å². The Hall–Kier alpha value is -4.00. The van der Waals surface area contributed by atoms with Crippen molar-refractivity contribution in [2.45, 2.75) is 26.3 Å². The van der Waals surface area contributed by atoms with Gasteiger partial charge in [-0.1, -0.05) is 71.7 Å². The fraction of sp³-hybridized carbons (Fsp3) is 0.161. The summed E-state index contributed by atoms with van der Waals surface area (Å²) in [6.07, 6.45) is 0. The van der Waals surface area contributed by atoms with Crippen molar-refractivity contribution in [1.82, 2.24) is 10.2 Å². The lowest BCUT2D eigenvalue weighted by atomic mass is 10.1. The number of halogens is 2. The van der Waals surface area contributed by atoms with Crippen LogP contribution >= 0.6 is 23.2 Å². The van der Waals surface area contributed by atoms with Gasteiger partial charge in [0.1, 0.15) is 24.7 Å². The van der Waals surface area contributed by atoms with Crippen LogP contribution < -0.4 is 14.8 Å². The Kier molecular flexibility index (Phi) is 8.05. The molecule has 198 valence electrons. The van der Waals surface area contributed by atoms with Gasteiger partial charge in [0.15, 0.2) is 0 Å². The quantitative estimate of drug-likeness (QED) is 0.286. The van der Waals surface area contributed by atoms with E-state index in [4.69, 9.17) is 32.7 Å². The molecule has 2 aliphatic heterocycles. The monoisotopic (exact) mass is 560 g/mol. The fourth-order valence-electron chi connectivity index (χ4n) is 4.44. The highest BCUT2D eigenvalue weighted by Crippen LogP contribution is 2.31. The van der Waals surface area contributed by atoms with Gasteiger partial charge in [0, 0.05) is 30.2 Å². The lowest BCUT2D eigenvalue weighted by Crippen LogP contribution is -2.18. The molecule has 0 saturated carbocycles. The molecular formula is C31H26Cl2N2O4. The largest absolute Gasteiger partial charge is 0.488 e. The van der Waals surface area contributed by atoms with E-state index in [0.717, 1.165) is 22.3 Å². The molecule has 0 saturated heterocycles. The summed E-state index contributed by atoms with van der Waals surface area (Å²) in [6, 6.07) is 26.3. The van der Waals surface area contributed by atoms with Crippen molar-refractivity contribution in [2.75, 3.05) is 7.05 Å². The van der Waals surface area contributed by atoms with Crippen LogP contribution in [0.5, 0.6) is 11.5 Å². The summed E-state index contributed by atoms with van der Waals surface area (Å²) >= 11 is 11.7. The zero-order chi connectivity index (χ0) is 27.4. The molecule has 0 atom stereocenters. The van der Waals surface area contributed by atoms with Crippen molar-refractivity contribution in [3.8, 4) is 11.5 Å². The van der Waals surface area contributed by atoms with Gasteiger partial charge in [-0.2, -0.15) is 0 Å². The van der Waals surface area contributed by atoms with E-state index in [1.165, 1.54) is 0 Å². The van der Waals surface area contributed by atoms with Gasteiger partial charge in [-0.05, 0) is 58.7 Å². The molecule has 2 heterocycles.